The molecule has 0 aliphatic rings. The highest BCUT2D eigenvalue weighted by Gasteiger charge is 2.39. The van der Waals surface area contributed by atoms with Crippen molar-refractivity contribution in [2.24, 2.45) is 0 Å². The number of aromatic carboxylic acids is 1. The highest BCUT2D eigenvalue weighted by atomic mass is 35.5. The van der Waals surface area contributed by atoms with Gasteiger partial charge in [-0.3, -0.25) is 0 Å². The van der Waals surface area contributed by atoms with Crippen molar-refractivity contribution in [3.05, 3.63) is 74.2 Å². The first-order valence-electron chi connectivity index (χ1n) is 6.82. The molecule has 2 aromatic carbocycles. The fourth-order valence-electron chi connectivity index (χ4n) is 2.11. The second kappa shape index (κ2) is 7.68. The number of carboxylic acids is 1. The Labute approximate surface area is 156 Å². The smallest absolute Gasteiger partial charge is 0.399 e. The van der Waals surface area contributed by atoms with Crippen LogP contribution < -0.4 is 0 Å². The molecule has 0 fully saturated rings. The van der Waals surface area contributed by atoms with Crippen LogP contribution in [-0.2, 0) is 0 Å². The summed E-state index contributed by atoms with van der Waals surface area (Å²) in [5.74, 6) is -3.06. The third kappa shape index (κ3) is 4.91. The fraction of sp³-hybridized carbons (Fsp3) is 0.118. The predicted octanol–water partition coefficient (Wildman–Crippen LogP) is 6.70. The van der Waals surface area contributed by atoms with E-state index in [2.05, 4.69) is 0 Å². The van der Waals surface area contributed by atoms with Gasteiger partial charge in [-0.25, -0.2) is 4.79 Å². The first kappa shape index (κ1) is 19.6. The molecule has 25 heavy (non-hydrogen) atoms. The minimum Gasteiger partial charge on any atom is -0.478 e. The maximum atomic E-state index is 13.4. The quantitative estimate of drug-likeness (QED) is 0.570. The van der Waals surface area contributed by atoms with Crippen molar-refractivity contribution in [3.63, 3.8) is 0 Å². The molecule has 0 aromatic heterocycles. The van der Waals surface area contributed by atoms with Crippen molar-refractivity contribution >= 4 is 46.8 Å². The second-order valence-electron chi connectivity index (χ2n) is 5.10. The van der Waals surface area contributed by atoms with E-state index >= 15 is 0 Å². The van der Waals surface area contributed by atoms with Gasteiger partial charge in [0.1, 0.15) is 0 Å². The van der Waals surface area contributed by atoms with Gasteiger partial charge in [-0.2, -0.15) is 13.2 Å². The number of carbonyl (C=O) groups is 1. The Morgan fingerprint density at radius 3 is 2.00 bits per heavy atom. The van der Waals surface area contributed by atoms with E-state index in [9.17, 15) is 18.0 Å². The lowest BCUT2D eigenvalue weighted by Crippen LogP contribution is -2.19. The van der Waals surface area contributed by atoms with Crippen LogP contribution in [0.2, 0.25) is 15.1 Å². The molecule has 1 unspecified atom stereocenters. The van der Waals surface area contributed by atoms with Gasteiger partial charge in [-0.15, -0.1) is 0 Å². The van der Waals surface area contributed by atoms with Crippen molar-refractivity contribution in [1.82, 2.24) is 0 Å². The summed E-state index contributed by atoms with van der Waals surface area (Å²) >= 11 is 17.4. The summed E-state index contributed by atoms with van der Waals surface area (Å²) in [7, 11) is 0. The Morgan fingerprint density at radius 1 is 1.04 bits per heavy atom. The summed E-state index contributed by atoms with van der Waals surface area (Å²) in [6.45, 7) is 0. The van der Waals surface area contributed by atoms with Crippen LogP contribution in [0.3, 0.4) is 0 Å². The molecular formula is C17H10Cl3F3O2. The second-order valence-corrected chi connectivity index (χ2v) is 6.30. The van der Waals surface area contributed by atoms with E-state index in [1.807, 2.05) is 0 Å². The molecule has 0 saturated carbocycles. The average molecular weight is 410 g/mol. The van der Waals surface area contributed by atoms with Gasteiger partial charge in [0.25, 0.3) is 0 Å². The molecule has 132 valence electrons. The Morgan fingerprint density at radius 2 is 1.56 bits per heavy atom. The van der Waals surface area contributed by atoms with E-state index in [1.165, 1.54) is 30.3 Å². The molecule has 0 radical (unpaired) electrons. The first-order chi connectivity index (χ1) is 11.6. The van der Waals surface area contributed by atoms with Crippen LogP contribution in [0.4, 0.5) is 13.2 Å². The van der Waals surface area contributed by atoms with E-state index < -0.39 is 18.1 Å². The molecule has 2 aromatic rings. The third-order valence-electron chi connectivity index (χ3n) is 3.36. The van der Waals surface area contributed by atoms with E-state index in [0.717, 1.165) is 18.2 Å². The lowest BCUT2D eigenvalue weighted by atomic mass is 9.97. The van der Waals surface area contributed by atoms with Gasteiger partial charge in [0.15, 0.2) is 0 Å². The average Bonchev–Trinajstić information content (AvgIpc) is 2.51. The van der Waals surface area contributed by atoms with Crippen molar-refractivity contribution in [3.8, 4) is 0 Å². The van der Waals surface area contributed by atoms with E-state index in [1.54, 1.807) is 0 Å². The minimum absolute atomic E-state index is 0.0127. The lowest BCUT2D eigenvalue weighted by molar-refractivity contribution is -0.139. The van der Waals surface area contributed by atoms with Gasteiger partial charge >= 0.3 is 12.1 Å². The molecule has 0 heterocycles. The van der Waals surface area contributed by atoms with Crippen LogP contribution in [0.1, 0.15) is 27.4 Å². The summed E-state index contributed by atoms with van der Waals surface area (Å²) in [5, 5.41) is 8.66. The molecule has 1 N–H and O–H groups in total. The van der Waals surface area contributed by atoms with Gasteiger partial charge in [-0.05, 0) is 35.4 Å². The van der Waals surface area contributed by atoms with Crippen molar-refractivity contribution < 1.29 is 23.1 Å². The molecule has 0 spiro atoms. The number of hydrogen-bond acceptors (Lipinski definition) is 1. The number of halogens is 6. The van der Waals surface area contributed by atoms with Crippen molar-refractivity contribution in [2.45, 2.75) is 12.1 Å². The predicted molar refractivity (Wildman–Crippen MR) is 92.7 cm³/mol. The summed E-state index contributed by atoms with van der Waals surface area (Å²) in [4.78, 5) is 10.8. The fourth-order valence-corrected chi connectivity index (χ4v) is 2.72. The van der Waals surface area contributed by atoms with Crippen molar-refractivity contribution in [2.75, 3.05) is 0 Å². The summed E-state index contributed by atoms with van der Waals surface area (Å²) in [5.41, 5.74) is 0.316. The normalized spacial score (nSPS) is 13.2. The summed E-state index contributed by atoms with van der Waals surface area (Å²) < 4.78 is 40.2. The molecule has 0 amide bonds. The third-order valence-corrected chi connectivity index (χ3v) is 4.55. The Bertz CT molecular complexity index is 792. The number of alkyl halides is 3. The maximum Gasteiger partial charge on any atom is 0.399 e. The van der Waals surface area contributed by atoms with Crippen LogP contribution in [-0.4, -0.2) is 17.3 Å². The van der Waals surface area contributed by atoms with Gasteiger partial charge < -0.3 is 5.11 Å². The molecule has 1 atom stereocenters. The zero-order valence-electron chi connectivity index (χ0n) is 12.3. The minimum atomic E-state index is -4.57. The first-order valence-corrected chi connectivity index (χ1v) is 7.95. The van der Waals surface area contributed by atoms with Crippen LogP contribution >= 0.6 is 34.8 Å². The number of allylic oxidation sites excluding steroid dienone is 1. The number of carboxylic acid groups (broad SMARTS) is 1. The van der Waals surface area contributed by atoms with Crippen molar-refractivity contribution in [1.29, 1.82) is 0 Å². The molecule has 8 heteroatoms. The molecule has 0 saturated heterocycles. The Kier molecular flexibility index (Phi) is 6.03. The van der Waals surface area contributed by atoms with Gasteiger partial charge in [0, 0.05) is 0 Å². The summed E-state index contributed by atoms with van der Waals surface area (Å²) in [6.07, 6.45) is -2.37. The van der Waals surface area contributed by atoms with Gasteiger partial charge in [0.05, 0.1) is 26.5 Å². The largest absolute Gasteiger partial charge is 0.478 e. The maximum absolute atomic E-state index is 13.4. The van der Waals surface area contributed by atoms with E-state index in [-0.39, 0.29) is 26.2 Å². The lowest BCUT2D eigenvalue weighted by Gasteiger charge is -2.18. The van der Waals surface area contributed by atoms with E-state index in [0.29, 0.717) is 5.56 Å². The molecule has 2 nitrogen and oxygen atoms in total. The molecule has 0 aliphatic heterocycles. The molecule has 0 bridgehead atoms. The van der Waals surface area contributed by atoms with Crippen LogP contribution in [0.5, 0.6) is 0 Å². The van der Waals surface area contributed by atoms with Gasteiger partial charge in [0.2, 0.25) is 0 Å². The molecular weight excluding hydrogens is 400 g/mol. The SMILES string of the molecule is O=C(O)c1ccc(C=CC(c2cc(Cl)c(Cl)c(Cl)c2)C(F)(F)F)cc1. The number of rotatable bonds is 4. The topological polar surface area (TPSA) is 37.3 Å². The van der Waals surface area contributed by atoms with Crippen LogP contribution in [0, 0.1) is 0 Å². The van der Waals surface area contributed by atoms with Crippen LogP contribution in [0.15, 0.2) is 42.5 Å². The summed E-state index contributed by atoms with van der Waals surface area (Å²) in [6, 6.07) is 7.67. The van der Waals surface area contributed by atoms with Crippen LogP contribution in [0.25, 0.3) is 6.08 Å². The van der Waals surface area contributed by atoms with Gasteiger partial charge in [-0.1, -0.05) is 59.1 Å². The highest BCUT2D eigenvalue weighted by molar-refractivity contribution is 6.48. The zero-order valence-corrected chi connectivity index (χ0v) is 14.6. The molecule has 2 rings (SSSR count). The number of benzene rings is 2. The highest BCUT2D eigenvalue weighted by Crippen LogP contribution is 2.41. The standard InChI is InChI=1S/C17H10Cl3F3O2/c18-13-7-11(8-14(19)15(13)20)12(17(21,22)23)6-3-9-1-4-10(5-2-9)16(24)25/h1-8,12H,(H,24,25). The monoisotopic (exact) mass is 408 g/mol. The molecule has 0 aliphatic carbocycles. The van der Waals surface area contributed by atoms with E-state index in [4.69, 9.17) is 39.9 Å². The number of hydrogen-bond donors (Lipinski definition) is 1. The zero-order chi connectivity index (χ0) is 18.8. The Balaban J connectivity index is 2.37. The Hall–Kier alpha value is -1.69.